The van der Waals surface area contributed by atoms with Crippen molar-refractivity contribution in [2.45, 2.75) is 31.4 Å². The highest BCUT2D eigenvalue weighted by molar-refractivity contribution is 5.76. The summed E-state index contributed by atoms with van der Waals surface area (Å²) in [6, 6.07) is 9.79. The molecule has 0 aliphatic carbocycles. The molecular formula is C14H19NO3. The van der Waals surface area contributed by atoms with Crippen molar-refractivity contribution in [3.8, 4) is 0 Å². The molecule has 2 N–H and O–H groups in total. The van der Waals surface area contributed by atoms with E-state index in [-0.39, 0.29) is 12.0 Å². The molecule has 1 saturated heterocycles. The van der Waals surface area contributed by atoms with Crippen LogP contribution in [0.2, 0.25) is 0 Å². The van der Waals surface area contributed by atoms with Crippen LogP contribution in [0, 0.1) is 0 Å². The summed E-state index contributed by atoms with van der Waals surface area (Å²) >= 11 is 0. The second-order valence-corrected chi connectivity index (χ2v) is 4.61. The van der Waals surface area contributed by atoms with Gasteiger partial charge in [0.05, 0.1) is 12.7 Å². The van der Waals surface area contributed by atoms with Crippen LogP contribution in [0.3, 0.4) is 0 Å². The fourth-order valence-electron chi connectivity index (χ4n) is 2.09. The predicted molar refractivity (Wildman–Crippen MR) is 68.1 cm³/mol. The molecule has 1 aliphatic rings. The molecule has 0 aromatic heterocycles. The van der Waals surface area contributed by atoms with E-state index in [0.717, 1.165) is 12.8 Å². The average molecular weight is 249 g/mol. The molecule has 98 valence electrons. The van der Waals surface area contributed by atoms with Gasteiger partial charge in [0.15, 0.2) is 0 Å². The Balaban J connectivity index is 1.62. The fraction of sp³-hybridized carbons (Fsp3) is 0.500. The van der Waals surface area contributed by atoms with Crippen molar-refractivity contribution < 1.29 is 14.6 Å². The van der Waals surface area contributed by atoms with Crippen molar-refractivity contribution in [2.75, 3.05) is 13.2 Å². The summed E-state index contributed by atoms with van der Waals surface area (Å²) in [6.07, 6.45) is 1.77. The normalized spacial score (nSPS) is 22.9. The van der Waals surface area contributed by atoms with Crippen molar-refractivity contribution in [1.29, 1.82) is 0 Å². The minimum Gasteiger partial charge on any atom is -0.465 e. The van der Waals surface area contributed by atoms with Crippen molar-refractivity contribution >= 4 is 5.97 Å². The molecule has 18 heavy (non-hydrogen) atoms. The lowest BCUT2D eigenvalue weighted by atomic mass is 10.1. The molecule has 0 unspecified atom stereocenters. The number of hydrogen-bond acceptors (Lipinski definition) is 4. The van der Waals surface area contributed by atoms with Crippen molar-refractivity contribution in [1.82, 2.24) is 5.32 Å². The number of aliphatic hydroxyl groups excluding tert-OH is 1. The molecule has 1 heterocycles. The quantitative estimate of drug-likeness (QED) is 0.601. The van der Waals surface area contributed by atoms with Gasteiger partial charge in [-0.15, -0.1) is 0 Å². The van der Waals surface area contributed by atoms with Crippen molar-refractivity contribution in [3.63, 3.8) is 0 Å². The van der Waals surface area contributed by atoms with Crippen LogP contribution in [0.25, 0.3) is 0 Å². The van der Waals surface area contributed by atoms with E-state index in [9.17, 15) is 9.90 Å². The number of aryl methyl sites for hydroxylation is 1. The van der Waals surface area contributed by atoms with E-state index in [4.69, 9.17) is 4.74 Å². The van der Waals surface area contributed by atoms with Crippen LogP contribution < -0.4 is 5.32 Å². The molecule has 0 bridgehead atoms. The molecule has 1 aliphatic heterocycles. The van der Waals surface area contributed by atoms with Crippen LogP contribution in [0.1, 0.15) is 18.4 Å². The molecule has 1 aromatic carbocycles. The first-order valence-electron chi connectivity index (χ1n) is 6.38. The largest absolute Gasteiger partial charge is 0.465 e. The Morgan fingerprint density at radius 3 is 2.83 bits per heavy atom. The van der Waals surface area contributed by atoms with Gasteiger partial charge in [-0.05, 0) is 18.4 Å². The van der Waals surface area contributed by atoms with Crippen LogP contribution in [-0.2, 0) is 16.0 Å². The Labute approximate surface area is 107 Å². The highest BCUT2D eigenvalue weighted by Gasteiger charge is 2.28. The van der Waals surface area contributed by atoms with E-state index in [1.165, 1.54) is 5.56 Å². The van der Waals surface area contributed by atoms with E-state index >= 15 is 0 Å². The molecule has 0 radical (unpaired) electrons. The number of ether oxygens (including phenoxy) is 1. The maximum absolute atomic E-state index is 11.6. The van der Waals surface area contributed by atoms with E-state index < -0.39 is 6.10 Å². The van der Waals surface area contributed by atoms with E-state index in [0.29, 0.717) is 19.6 Å². The molecule has 4 nitrogen and oxygen atoms in total. The lowest BCUT2D eigenvalue weighted by molar-refractivity contribution is -0.146. The van der Waals surface area contributed by atoms with Gasteiger partial charge in [0.25, 0.3) is 0 Å². The molecular weight excluding hydrogens is 230 g/mol. The monoisotopic (exact) mass is 249 g/mol. The Morgan fingerprint density at radius 2 is 2.17 bits per heavy atom. The van der Waals surface area contributed by atoms with Crippen LogP contribution in [-0.4, -0.2) is 36.4 Å². The van der Waals surface area contributed by atoms with E-state index in [1.807, 2.05) is 18.2 Å². The third-order valence-corrected chi connectivity index (χ3v) is 3.09. The summed E-state index contributed by atoms with van der Waals surface area (Å²) in [6.45, 7) is 0.909. The second kappa shape index (κ2) is 6.52. The number of rotatable bonds is 5. The lowest BCUT2D eigenvalue weighted by Crippen LogP contribution is -2.32. The van der Waals surface area contributed by atoms with Gasteiger partial charge in [0.2, 0.25) is 0 Å². The smallest absolute Gasteiger partial charge is 0.323 e. The summed E-state index contributed by atoms with van der Waals surface area (Å²) in [7, 11) is 0. The Kier molecular flexibility index (Phi) is 4.73. The third-order valence-electron chi connectivity index (χ3n) is 3.09. The van der Waals surface area contributed by atoms with Gasteiger partial charge in [-0.1, -0.05) is 30.3 Å². The predicted octanol–water partition coefficient (Wildman–Crippen LogP) is 0.885. The average Bonchev–Trinajstić information content (AvgIpc) is 2.82. The fourth-order valence-corrected chi connectivity index (χ4v) is 2.09. The third kappa shape index (κ3) is 3.82. The molecule has 4 heteroatoms. The Morgan fingerprint density at radius 1 is 1.39 bits per heavy atom. The maximum atomic E-state index is 11.6. The summed E-state index contributed by atoms with van der Waals surface area (Å²) in [5.41, 5.74) is 1.25. The van der Waals surface area contributed by atoms with Crippen LogP contribution in [0.15, 0.2) is 30.3 Å². The molecule has 2 atom stereocenters. The molecule has 0 saturated carbocycles. The zero-order valence-corrected chi connectivity index (χ0v) is 10.3. The van der Waals surface area contributed by atoms with Crippen LogP contribution in [0.4, 0.5) is 0 Å². The number of nitrogens with one attached hydrogen (secondary N) is 1. The van der Waals surface area contributed by atoms with Crippen molar-refractivity contribution in [3.05, 3.63) is 35.9 Å². The maximum Gasteiger partial charge on any atom is 0.323 e. The Hall–Kier alpha value is -1.39. The summed E-state index contributed by atoms with van der Waals surface area (Å²) in [5, 5.41) is 12.2. The Bertz CT molecular complexity index is 380. The summed E-state index contributed by atoms with van der Waals surface area (Å²) in [5.74, 6) is -0.250. The minimum atomic E-state index is -0.424. The number of aliphatic hydroxyl groups is 1. The number of β-amino-alcohol motifs (C(OH)–C–C–N with tert-alkyl or cyclic N) is 1. The minimum absolute atomic E-state index is 0.250. The SMILES string of the molecule is O=C(OCCCc1ccccc1)[C@@H]1C[C@@H](O)CN1. The topological polar surface area (TPSA) is 58.6 Å². The van der Waals surface area contributed by atoms with Gasteiger partial charge in [0, 0.05) is 13.0 Å². The number of carbonyl (C=O) groups is 1. The first kappa shape index (κ1) is 13.1. The standard InChI is InChI=1S/C14H19NO3/c16-12-9-13(15-10-12)14(17)18-8-4-7-11-5-2-1-3-6-11/h1-3,5-6,12-13,15-16H,4,7-10H2/t12-,13+/m1/s1. The second-order valence-electron chi connectivity index (χ2n) is 4.61. The zero-order chi connectivity index (χ0) is 12.8. The van der Waals surface area contributed by atoms with Gasteiger partial charge in [-0.2, -0.15) is 0 Å². The van der Waals surface area contributed by atoms with E-state index in [1.54, 1.807) is 0 Å². The van der Waals surface area contributed by atoms with Gasteiger partial charge in [0.1, 0.15) is 6.04 Å². The summed E-state index contributed by atoms with van der Waals surface area (Å²) < 4.78 is 5.18. The number of esters is 1. The molecule has 0 amide bonds. The molecule has 0 spiro atoms. The highest BCUT2D eigenvalue weighted by Crippen LogP contribution is 2.08. The zero-order valence-electron chi connectivity index (χ0n) is 10.3. The van der Waals surface area contributed by atoms with Crippen molar-refractivity contribution in [2.24, 2.45) is 0 Å². The van der Waals surface area contributed by atoms with Crippen LogP contribution in [0.5, 0.6) is 0 Å². The van der Waals surface area contributed by atoms with Gasteiger partial charge < -0.3 is 15.2 Å². The molecule has 1 fully saturated rings. The highest BCUT2D eigenvalue weighted by atomic mass is 16.5. The number of benzene rings is 1. The van der Waals surface area contributed by atoms with Gasteiger partial charge in [-0.25, -0.2) is 0 Å². The first-order valence-corrected chi connectivity index (χ1v) is 6.38. The molecule has 2 rings (SSSR count). The number of carbonyl (C=O) groups excluding carboxylic acids is 1. The van der Waals surface area contributed by atoms with Gasteiger partial charge >= 0.3 is 5.97 Å². The lowest BCUT2D eigenvalue weighted by Gasteiger charge is -2.10. The van der Waals surface area contributed by atoms with Crippen LogP contribution >= 0.6 is 0 Å². The van der Waals surface area contributed by atoms with Gasteiger partial charge in [-0.3, -0.25) is 4.79 Å². The number of hydrogen-bond donors (Lipinski definition) is 2. The first-order chi connectivity index (χ1) is 8.75. The van der Waals surface area contributed by atoms with E-state index in [2.05, 4.69) is 17.4 Å². The summed E-state index contributed by atoms with van der Waals surface area (Å²) in [4.78, 5) is 11.6. The molecule has 1 aromatic rings.